The third kappa shape index (κ3) is 3.74. The van der Waals surface area contributed by atoms with E-state index in [1.807, 2.05) is 11.8 Å². The number of hydrogen-bond acceptors (Lipinski definition) is 5. The maximum Gasteiger partial charge on any atom is 0.121 e. The molecule has 1 aliphatic rings. The Hall–Kier alpha value is 1.36. The van der Waals surface area contributed by atoms with E-state index in [9.17, 15) is 0 Å². The molecule has 0 aromatic carbocycles. The quantitative estimate of drug-likeness (QED) is 0.568. The summed E-state index contributed by atoms with van der Waals surface area (Å²) in [5.74, 6) is 2.00. The van der Waals surface area contributed by atoms with Gasteiger partial charge in [-0.2, -0.15) is 0 Å². The van der Waals surface area contributed by atoms with Crippen LogP contribution in [0.1, 0.15) is 6.92 Å². The van der Waals surface area contributed by atoms with E-state index in [-0.39, 0.29) is 4.93 Å². The first-order valence-electron chi connectivity index (χ1n) is 4.35. The standard InChI is InChI=1S/C7H19O3PS3/c1-7(10-4-5-12-7)6-13-14(11,8-2)9-3/h4-6,11,14H2,1-3H3. The number of hydrogen-bond donors (Lipinski definition) is 0. The molecule has 1 heterocycles. The molecule has 0 aromatic heterocycles. The summed E-state index contributed by atoms with van der Waals surface area (Å²) in [5, 5.41) is 0. The first-order chi connectivity index (χ1) is 6.54. The molecule has 1 saturated heterocycles. The van der Waals surface area contributed by atoms with Crippen LogP contribution < -0.4 is 0 Å². The first-order valence-corrected chi connectivity index (χ1v) is 10.7. The molecule has 0 spiro atoms. The van der Waals surface area contributed by atoms with E-state index >= 15 is 0 Å². The van der Waals surface area contributed by atoms with Gasteiger partial charge in [0.2, 0.25) is 0 Å². The molecule has 88 valence electrons. The minimum atomic E-state index is -2.07. The highest BCUT2D eigenvalue weighted by Crippen LogP contribution is 2.68. The van der Waals surface area contributed by atoms with E-state index < -0.39 is 9.24 Å². The normalized spacial score (nSPS) is 29.4. The van der Waals surface area contributed by atoms with Crippen molar-refractivity contribution < 1.29 is 13.1 Å². The van der Waals surface area contributed by atoms with Crippen molar-refractivity contribution in [2.45, 2.75) is 11.9 Å². The highest BCUT2D eigenvalue weighted by atomic mass is 33.4. The van der Waals surface area contributed by atoms with Crippen LogP contribution >= 0.6 is 40.2 Å². The maximum absolute atomic E-state index is 5.67. The first kappa shape index (κ1) is 13.4. The van der Waals surface area contributed by atoms with Crippen LogP contribution in [0.5, 0.6) is 0 Å². The molecule has 1 aliphatic heterocycles. The largest absolute Gasteiger partial charge is 0.363 e. The lowest BCUT2D eigenvalue weighted by molar-refractivity contribution is 0.0843. The van der Waals surface area contributed by atoms with Gasteiger partial charge in [-0.1, -0.05) is 10.8 Å². The Morgan fingerprint density at radius 2 is 2.21 bits per heavy atom. The van der Waals surface area contributed by atoms with E-state index in [0.717, 1.165) is 18.1 Å². The lowest BCUT2D eigenvalue weighted by atomic mass is 10.5. The maximum atomic E-state index is 5.67. The summed E-state index contributed by atoms with van der Waals surface area (Å²) in [5.41, 5.74) is 0. The van der Waals surface area contributed by atoms with Crippen molar-refractivity contribution in [1.82, 2.24) is 0 Å². The van der Waals surface area contributed by atoms with Gasteiger partial charge in [0.25, 0.3) is 0 Å². The molecule has 0 amide bonds. The van der Waals surface area contributed by atoms with Gasteiger partial charge in [0.1, 0.15) is 4.93 Å². The predicted molar refractivity (Wildman–Crippen MR) is 73.4 cm³/mol. The molecule has 1 fully saturated rings. The molecule has 2 atom stereocenters. The van der Waals surface area contributed by atoms with Crippen molar-refractivity contribution in [3.05, 3.63) is 0 Å². The van der Waals surface area contributed by atoms with Crippen LogP contribution in [0, 0.1) is 0 Å². The van der Waals surface area contributed by atoms with Crippen LogP contribution in [0.15, 0.2) is 0 Å². The molecule has 0 N–H and O–H groups in total. The van der Waals surface area contributed by atoms with E-state index in [1.165, 1.54) is 0 Å². The fourth-order valence-corrected chi connectivity index (χ4v) is 6.50. The summed E-state index contributed by atoms with van der Waals surface area (Å²) in [6, 6.07) is 0. The second-order valence-corrected chi connectivity index (χ2v) is 13.4. The summed E-state index contributed by atoms with van der Waals surface area (Å²) in [4.78, 5) is -0.0590. The summed E-state index contributed by atoms with van der Waals surface area (Å²) < 4.78 is 16.4. The third-order valence-corrected chi connectivity index (χ3v) is 11.2. The van der Waals surface area contributed by atoms with Crippen LogP contribution in [0.25, 0.3) is 0 Å². The molecule has 0 aromatic rings. The van der Waals surface area contributed by atoms with E-state index in [2.05, 4.69) is 15.4 Å². The van der Waals surface area contributed by atoms with Gasteiger partial charge in [-0.3, -0.25) is 9.24 Å². The summed E-state index contributed by atoms with van der Waals surface area (Å²) in [7, 11) is 5.75. The van der Waals surface area contributed by atoms with Crippen LogP contribution in [0.3, 0.4) is 0 Å². The zero-order valence-electron chi connectivity index (χ0n) is 8.74. The molecular formula is C7H19O3PS3. The van der Waals surface area contributed by atoms with Gasteiger partial charge in [-0.25, -0.2) is 0 Å². The van der Waals surface area contributed by atoms with Crippen molar-refractivity contribution in [3.63, 3.8) is 0 Å². The van der Waals surface area contributed by atoms with E-state index in [1.54, 1.807) is 25.0 Å². The van der Waals surface area contributed by atoms with Gasteiger partial charge in [0, 0.05) is 11.5 Å². The highest BCUT2D eigenvalue weighted by Gasteiger charge is 2.31. The highest BCUT2D eigenvalue weighted by molar-refractivity contribution is 9.07. The molecule has 0 saturated carbocycles. The SMILES string of the molecule is CO[SH2](P)(OC)SCC1(C)OCCS1. The Morgan fingerprint density at radius 1 is 1.57 bits per heavy atom. The number of rotatable bonds is 5. The Morgan fingerprint density at radius 3 is 2.64 bits per heavy atom. The zero-order valence-corrected chi connectivity index (χ0v) is 12.5. The minimum absolute atomic E-state index is 0.0590. The van der Waals surface area contributed by atoms with E-state index in [0.29, 0.717) is 0 Å². The molecule has 0 bridgehead atoms. The van der Waals surface area contributed by atoms with Crippen molar-refractivity contribution in [2.24, 2.45) is 0 Å². The molecule has 2 unspecified atom stereocenters. The predicted octanol–water partition coefficient (Wildman–Crippen LogP) is 2.30. The average molecular weight is 278 g/mol. The molecule has 1 rings (SSSR count). The zero-order chi connectivity index (χ0) is 10.7. The van der Waals surface area contributed by atoms with Gasteiger partial charge in [-0.05, 0) is 15.4 Å². The molecule has 3 nitrogen and oxygen atoms in total. The molecule has 14 heavy (non-hydrogen) atoms. The Bertz CT molecular complexity index is 179. The summed E-state index contributed by atoms with van der Waals surface area (Å²) in [6.07, 6.45) is 0. The molecule has 0 radical (unpaired) electrons. The fourth-order valence-electron chi connectivity index (χ4n) is 1.07. The van der Waals surface area contributed by atoms with Crippen LogP contribution in [-0.4, -0.2) is 37.3 Å². The van der Waals surface area contributed by atoms with Crippen molar-refractivity contribution >= 4 is 40.2 Å². The van der Waals surface area contributed by atoms with Crippen molar-refractivity contribution in [2.75, 3.05) is 32.3 Å². The fraction of sp³-hybridized carbons (Fsp3) is 1.00. The van der Waals surface area contributed by atoms with Gasteiger partial charge in [0.15, 0.2) is 0 Å². The second kappa shape index (κ2) is 5.62. The van der Waals surface area contributed by atoms with Crippen molar-refractivity contribution in [3.8, 4) is 0 Å². The average Bonchev–Trinajstić information content (AvgIpc) is 2.63. The lowest BCUT2D eigenvalue weighted by Gasteiger charge is -2.43. The monoisotopic (exact) mass is 278 g/mol. The molecule has 7 heteroatoms. The van der Waals surface area contributed by atoms with Gasteiger partial charge in [-0.15, -0.1) is 11.8 Å². The van der Waals surface area contributed by atoms with Gasteiger partial charge < -0.3 is 13.1 Å². The smallest absolute Gasteiger partial charge is 0.121 e. The van der Waals surface area contributed by atoms with Crippen LogP contribution in [-0.2, 0) is 13.1 Å². The number of ether oxygens (including phenoxy) is 1. The Labute approximate surface area is 97.5 Å². The topological polar surface area (TPSA) is 27.7 Å². The second-order valence-electron chi connectivity index (χ2n) is 3.13. The lowest BCUT2D eigenvalue weighted by Crippen LogP contribution is -2.22. The third-order valence-electron chi connectivity index (χ3n) is 2.00. The summed E-state index contributed by atoms with van der Waals surface area (Å²) >= 11 is 1.87. The van der Waals surface area contributed by atoms with E-state index in [4.69, 9.17) is 13.1 Å². The minimum Gasteiger partial charge on any atom is -0.363 e. The Balaban J connectivity index is 2.38. The summed E-state index contributed by atoms with van der Waals surface area (Å²) in [6.45, 7) is 2.98. The van der Waals surface area contributed by atoms with Crippen LogP contribution in [0.4, 0.5) is 0 Å². The molecular weight excluding hydrogens is 259 g/mol. The molecule has 0 aliphatic carbocycles. The van der Waals surface area contributed by atoms with Gasteiger partial charge >= 0.3 is 0 Å². The van der Waals surface area contributed by atoms with Crippen LogP contribution in [0.2, 0.25) is 0 Å². The Kier molecular flexibility index (Phi) is 5.39. The van der Waals surface area contributed by atoms with Crippen molar-refractivity contribution in [1.29, 1.82) is 0 Å². The van der Waals surface area contributed by atoms with Gasteiger partial charge in [0.05, 0.1) is 20.8 Å². The number of thioether (sulfide) groups is 1.